The normalized spacial score (nSPS) is 11.8. The molecule has 110 valence electrons. The number of anilines is 1. The second-order valence-corrected chi connectivity index (χ2v) is 4.80. The number of alkyl carbamates (subject to hydrolysis) is 1. The number of nitrogens with one attached hydrogen (secondary N) is 2. The Morgan fingerprint density at radius 1 is 1.35 bits per heavy atom. The molecule has 0 unspecified atom stereocenters. The van der Waals surface area contributed by atoms with Gasteiger partial charge in [0.15, 0.2) is 0 Å². The van der Waals surface area contributed by atoms with E-state index in [0.29, 0.717) is 5.82 Å². The lowest BCUT2D eigenvalue weighted by Gasteiger charge is -2.21. The van der Waals surface area contributed by atoms with E-state index in [0.717, 1.165) is 5.56 Å². The molecule has 0 bridgehead atoms. The third-order valence-electron chi connectivity index (χ3n) is 2.66. The molecule has 2 amide bonds. The third kappa shape index (κ3) is 4.87. The first kappa shape index (κ1) is 15.9. The van der Waals surface area contributed by atoms with E-state index in [4.69, 9.17) is 4.74 Å². The Hall–Kier alpha value is -2.11. The summed E-state index contributed by atoms with van der Waals surface area (Å²) in [6.07, 6.45) is 1.07. The van der Waals surface area contributed by atoms with Gasteiger partial charge in [-0.3, -0.25) is 4.79 Å². The quantitative estimate of drug-likeness (QED) is 0.865. The van der Waals surface area contributed by atoms with Gasteiger partial charge in [-0.05, 0) is 31.4 Å². The summed E-state index contributed by atoms with van der Waals surface area (Å²) in [4.78, 5) is 27.7. The van der Waals surface area contributed by atoms with Crippen molar-refractivity contribution in [1.82, 2.24) is 10.3 Å². The summed E-state index contributed by atoms with van der Waals surface area (Å²) in [5.41, 5.74) is 1.01. The van der Waals surface area contributed by atoms with Gasteiger partial charge in [-0.25, -0.2) is 9.78 Å². The van der Waals surface area contributed by atoms with Crippen LogP contribution in [-0.4, -0.2) is 29.6 Å². The van der Waals surface area contributed by atoms with Crippen LogP contribution in [0.15, 0.2) is 18.3 Å². The first-order valence-electron chi connectivity index (χ1n) is 6.60. The number of ether oxygens (including phenoxy) is 1. The number of aromatic nitrogens is 1. The fraction of sp³-hybridized carbons (Fsp3) is 0.500. The lowest BCUT2D eigenvalue weighted by molar-refractivity contribution is -0.119. The maximum absolute atomic E-state index is 12.2. The van der Waals surface area contributed by atoms with Gasteiger partial charge in [0, 0.05) is 6.20 Å². The molecule has 0 saturated heterocycles. The number of rotatable bonds is 5. The van der Waals surface area contributed by atoms with Crippen LogP contribution >= 0.6 is 0 Å². The topological polar surface area (TPSA) is 80.3 Å². The average Bonchev–Trinajstić information content (AvgIpc) is 2.38. The zero-order chi connectivity index (χ0) is 15.1. The first-order valence-corrected chi connectivity index (χ1v) is 6.60. The lowest BCUT2D eigenvalue weighted by atomic mass is 10.0. The van der Waals surface area contributed by atoms with E-state index in [1.54, 1.807) is 19.2 Å². The largest absolute Gasteiger partial charge is 0.450 e. The Kier molecular flexibility index (Phi) is 5.96. The molecule has 1 aromatic heterocycles. The van der Waals surface area contributed by atoms with Crippen molar-refractivity contribution >= 4 is 17.8 Å². The fourth-order valence-electron chi connectivity index (χ4n) is 1.58. The second kappa shape index (κ2) is 7.47. The minimum Gasteiger partial charge on any atom is -0.450 e. The van der Waals surface area contributed by atoms with E-state index in [1.807, 2.05) is 26.8 Å². The molecule has 1 heterocycles. The molecular formula is C14H21N3O3. The molecule has 6 nitrogen and oxygen atoms in total. The van der Waals surface area contributed by atoms with Gasteiger partial charge in [0.05, 0.1) is 6.61 Å². The number of aryl methyl sites for hydroxylation is 1. The van der Waals surface area contributed by atoms with Crippen LogP contribution < -0.4 is 10.6 Å². The van der Waals surface area contributed by atoms with E-state index in [2.05, 4.69) is 15.6 Å². The number of amides is 2. The summed E-state index contributed by atoms with van der Waals surface area (Å²) in [7, 11) is 0. The highest BCUT2D eigenvalue weighted by Crippen LogP contribution is 2.08. The molecule has 6 heteroatoms. The minimum absolute atomic E-state index is 0.0649. The van der Waals surface area contributed by atoms with Gasteiger partial charge < -0.3 is 15.4 Å². The van der Waals surface area contributed by atoms with Crippen LogP contribution in [0.4, 0.5) is 10.6 Å². The molecular weight excluding hydrogens is 258 g/mol. The van der Waals surface area contributed by atoms with E-state index < -0.39 is 12.1 Å². The van der Waals surface area contributed by atoms with Crippen LogP contribution in [0.1, 0.15) is 26.3 Å². The van der Waals surface area contributed by atoms with Crippen molar-refractivity contribution in [2.45, 2.75) is 33.7 Å². The van der Waals surface area contributed by atoms with E-state index in [9.17, 15) is 9.59 Å². The number of carbonyl (C=O) groups is 2. The monoisotopic (exact) mass is 279 g/mol. The average molecular weight is 279 g/mol. The van der Waals surface area contributed by atoms with Crippen LogP contribution in [0.25, 0.3) is 0 Å². The van der Waals surface area contributed by atoms with Crippen LogP contribution in [0.5, 0.6) is 0 Å². The Labute approximate surface area is 118 Å². The summed E-state index contributed by atoms with van der Waals surface area (Å²) in [6.45, 7) is 7.58. The van der Waals surface area contributed by atoms with Gasteiger partial charge in [0.2, 0.25) is 5.91 Å². The van der Waals surface area contributed by atoms with Gasteiger partial charge in [-0.1, -0.05) is 19.9 Å². The van der Waals surface area contributed by atoms with Crippen LogP contribution in [0.3, 0.4) is 0 Å². The summed E-state index contributed by atoms with van der Waals surface area (Å²) in [5.74, 6) is 0.0752. The Morgan fingerprint density at radius 2 is 2.05 bits per heavy atom. The highest BCUT2D eigenvalue weighted by atomic mass is 16.5. The minimum atomic E-state index is -0.669. The van der Waals surface area contributed by atoms with Gasteiger partial charge in [-0.15, -0.1) is 0 Å². The molecule has 0 radical (unpaired) electrons. The maximum Gasteiger partial charge on any atom is 0.407 e. The van der Waals surface area contributed by atoms with E-state index in [-0.39, 0.29) is 18.4 Å². The molecule has 1 aromatic rings. The molecule has 0 aliphatic heterocycles. The molecule has 20 heavy (non-hydrogen) atoms. The van der Waals surface area contributed by atoms with Crippen LogP contribution in [-0.2, 0) is 9.53 Å². The van der Waals surface area contributed by atoms with Crippen molar-refractivity contribution < 1.29 is 14.3 Å². The first-order chi connectivity index (χ1) is 9.43. The number of carbonyl (C=O) groups excluding carboxylic acids is 2. The molecule has 1 rings (SSSR count). The van der Waals surface area contributed by atoms with Crippen molar-refractivity contribution in [3.8, 4) is 0 Å². The summed E-state index contributed by atoms with van der Waals surface area (Å²) in [5, 5.41) is 5.23. The number of hydrogen-bond donors (Lipinski definition) is 2. The third-order valence-corrected chi connectivity index (χ3v) is 2.66. The Morgan fingerprint density at radius 3 is 2.55 bits per heavy atom. The molecule has 0 saturated carbocycles. The maximum atomic E-state index is 12.2. The Balaban J connectivity index is 2.69. The van der Waals surface area contributed by atoms with E-state index in [1.165, 1.54) is 0 Å². The lowest BCUT2D eigenvalue weighted by Crippen LogP contribution is -2.47. The molecule has 0 aliphatic carbocycles. The second-order valence-electron chi connectivity index (χ2n) is 4.80. The summed E-state index contributed by atoms with van der Waals surface area (Å²) >= 11 is 0. The number of nitrogens with zero attached hydrogens (tertiary/aromatic N) is 1. The highest BCUT2D eigenvalue weighted by Gasteiger charge is 2.24. The van der Waals surface area contributed by atoms with Crippen LogP contribution in [0, 0.1) is 12.8 Å². The van der Waals surface area contributed by atoms with Crippen molar-refractivity contribution in [3.05, 3.63) is 23.9 Å². The number of pyridine rings is 1. The van der Waals surface area contributed by atoms with Gasteiger partial charge in [-0.2, -0.15) is 0 Å². The molecule has 2 N–H and O–H groups in total. The van der Waals surface area contributed by atoms with Crippen molar-refractivity contribution in [2.24, 2.45) is 5.92 Å². The van der Waals surface area contributed by atoms with Gasteiger partial charge >= 0.3 is 6.09 Å². The zero-order valence-corrected chi connectivity index (χ0v) is 12.3. The SMILES string of the molecule is CCOC(=O)N[C@@H](C(=O)Nc1ccc(C)cn1)C(C)C. The number of hydrogen-bond acceptors (Lipinski definition) is 4. The van der Waals surface area contributed by atoms with E-state index >= 15 is 0 Å². The smallest absolute Gasteiger partial charge is 0.407 e. The zero-order valence-electron chi connectivity index (χ0n) is 12.3. The molecule has 0 fully saturated rings. The van der Waals surface area contributed by atoms with Crippen molar-refractivity contribution in [1.29, 1.82) is 0 Å². The summed E-state index contributed by atoms with van der Waals surface area (Å²) in [6, 6.07) is 2.90. The Bertz CT molecular complexity index is 457. The molecule has 0 aliphatic rings. The predicted molar refractivity (Wildman–Crippen MR) is 76.4 cm³/mol. The molecule has 0 aromatic carbocycles. The van der Waals surface area contributed by atoms with Gasteiger partial charge in [0.1, 0.15) is 11.9 Å². The molecule has 1 atom stereocenters. The highest BCUT2D eigenvalue weighted by molar-refractivity contribution is 5.96. The predicted octanol–water partition coefficient (Wildman–Crippen LogP) is 2.10. The van der Waals surface area contributed by atoms with Gasteiger partial charge in [0.25, 0.3) is 0 Å². The standard InChI is InChI=1S/C14H21N3O3/c1-5-20-14(19)17-12(9(2)3)13(18)16-11-7-6-10(4)8-15-11/h6-9,12H,5H2,1-4H3,(H,17,19)(H,15,16,18)/t12-/m1/s1. The fourth-order valence-corrected chi connectivity index (χ4v) is 1.58. The summed E-state index contributed by atoms with van der Waals surface area (Å²) < 4.78 is 4.79. The van der Waals surface area contributed by atoms with Crippen molar-refractivity contribution in [2.75, 3.05) is 11.9 Å². The van der Waals surface area contributed by atoms with Crippen molar-refractivity contribution in [3.63, 3.8) is 0 Å². The molecule has 0 spiro atoms. The van der Waals surface area contributed by atoms with Crippen LogP contribution in [0.2, 0.25) is 0 Å².